The van der Waals surface area contributed by atoms with Gasteiger partial charge in [-0.1, -0.05) is 41.0 Å². The molecule has 2 unspecified atom stereocenters. The van der Waals surface area contributed by atoms with Crippen molar-refractivity contribution in [1.82, 2.24) is 15.1 Å². The first-order valence-corrected chi connectivity index (χ1v) is 9.25. The van der Waals surface area contributed by atoms with Crippen molar-refractivity contribution in [1.29, 1.82) is 0 Å². The van der Waals surface area contributed by atoms with E-state index >= 15 is 0 Å². The van der Waals surface area contributed by atoms with Gasteiger partial charge in [-0.15, -0.1) is 0 Å². The molecule has 3 nitrogen and oxygen atoms in total. The predicted octanol–water partition coefficient (Wildman–Crippen LogP) is 3.21. The number of rotatable bonds is 11. The van der Waals surface area contributed by atoms with E-state index in [9.17, 15) is 0 Å². The number of likely N-dealkylation sites (tertiary alicyclic amines) is 1. The Morgan fingerprint density at radius 2 is 1.86 bits per heavy atom. The summed E-state index contributed by atoms with van der Waals surface area (Å²) < 4.78 is 0. The molecule has 1 saturated heterocycles. The molecule has 1 rings (SSSR count). The van der Waals surface area contributed by atoms with Gasteiger partial charge in [0.1, 0.15) is 0 Å². The highest BCUT2D eigenvalue weighted by Crippen LogP contribution is 2.27. The van der Waals surface area contributed by atoms with Crippen molar-refractivity contribution in [3.05, 3.63) is 0 Å². The monoisotopic (exact) mass is 297 g/mol. The lowest BCUT2D eigenvalue weighted by molar-refractivity contribution is 0.155. The Morgan fingerprint density at radius 1 is 1.14 bits per heavy atom. The lowest BCUT2D eigenvalue weighted by Gasteiger charge is -2.35. The van der Waals surface area contributed by atoms with E-state index in [1.807, 2.05) is 0 Å². The first-order valence-electron chi connectivity index (χ1n) is 9.25. The fraction of sp³-hybridized carbons (Fsp3) is 1.00. The molecule has 3 heteroatoms. The third-order valence-corrected chi connectivity index (χ3v) is 5.01. The van der Waals surface area contributed by atoms with E-state index in [1.165, 1.54) is 65.0 Å². The van der Waals surface area contributed by atoms with Crippen LogP contribution < -0.4 is 5.32 Å². The average Bonchev–Trinajstić information content (AvgIpc) is 2.89. The highest BCUT2D eigenvalue weighted by molar-refractivity contribution is 4.88. The minimum atomic E-state index is 0.433. The molecule has 0 aromatic carbocycles. The first-order chi connectivity index (χ1) is 10.1. The van der Waals surface area contributed by atoms with E-state index in [-0.39, 0.29) is 0 Å². The molecule has 126 valence electrons. The Balaban J connectivity index is 2.48. The van der Waals surface area contributed by atoms with Crippen molar-refractivity contribution in [2.24, 2.45) is 5.41 Å². The molecule has 1 aliphatic heterocycles. The van der Waals surface area contributed by atoms with Crippen molar-refractivity contribution in [2.75, 3.05) is 45.8 Å². The van der Waals surface area contributed by atoms with Crippen molar-refractivity contribution < 1.29 is 0 Å². The van der Waals surface area contributed by atoms with Crippen LogP contribution in [-0.4, -0.2) is 61.7 Å². The van der Waals surface area contributed by atoms with Gasteiger partial charge in [0.05, 0.1) is 0 Å². The Hall–Kier alpha value is -0.120. The minimum absolute atomic E-state index is 0.433. The van der Waals surface area contributed by atoms with Crippen molar-refractivity contribution in [3.8, 4) is 0 Å². The molecule has 0 aromatic rings. The molecule has 21 heavy (non-hydrogen) atoms. The van der Waals surface area contributed by atoms with Crippen LogP contribution in [0, 0.1) is 5.41 Å². The van der Waals surface area contributed by atoms with Crippen LogP contribution >= 0.6 is 0 Å². The van der Waals surface area contributed by atoms with Gasteiger partial charge in [0.25, 0.3) is 0 Å². The molecule has 1 fully saturated rings. The van der Waals surface area contributed by atoms with E-state index in [0.717, 1.165) is 12.6 Å². The summed E-state index contributed by atoms with van der Waals surface area (Å²) in [6, 6.07) is 0.787. The fourth-order valence-corrected chi connectivity index (χ4v) is 3.93. The van der Waals surface area contributed by atoms with E-state index in [2.05, 4.69) is 49.7 Å². The Labute approximate surface area is 133 Å². The summed E-state index contributed by atoms with van der Waals surface area (Å²) in [5.41, 5.74) is 0.433. The predicted molar refractivity (Wildman–Crippen MR) is 93.9 cm³/mol. The summed E-state index contributed by atoms with van der Waals surface area (Å²) in [7, 11) is 0. The molecule has 0 radical (unpaired) electrons. The van der Waals surface area contributed by atoms with Crippen LogP contribution in [0.25, 0.3) is 0 Å². The molecule has 2 atom stereocenters. The number of hydrogen-bond acceptors (Lipinski definition) is 3. The van der Waals surface area contributed by atoms with Gasteiger partial charge in [-0.25, -0.2) is 0 Å². The van der Waals surface area contributed by atoms with Gasteiger partial charge in [0, 0.05) is 25.7 Å². The fourth-order valence-electron chi connectivity index (χ4n) is 3.93. The number of nitrogens with zero attached hydrogens (tertiary/aromatic N) is 2. The largest absolute Gasteiger partial charge is 0.316 e. The van der Waals surface area contributed by atoms with E-state index < -0.39 is 0 Å². The van der Waals surface area contributed by atoms with Crippen LogP contribution in [-0.2, 0) is 0 Å². The lowest BCUT2D eigenvalue weighted by Crippen LogP contribution is -2.43. The second-order valence-corrected chi connectivity index (χ2v) is 7.14. The Bertz CT molecular complexity index is 265. The second-order valence-electron chi connectivity index (χ2n) is 7.14. The normalized spacial score (nSPS) is 22.9. The van der Waals surface area contributed by atoms with Crippen LogP contribution in [0.4, 0.5) is 0 Å². The van der Waals surface area contributed by atoms with Crippen LogP contribution in [0.3, 0.4) is 0 Å². The minimum Gasteiger partial charge on any atom is -0.316 e. The molecule has 0 aliphatic carbocycles. The molecular weight excluding hydrogens is 258 g/mol. The van der Waals surface area contributed by atoms with Crippen LogP contribution in [0.5, 0.6) is 0 Å². The lowest BCUT2D eigenvalue weighted by atomic mass is 9.85. The van der Waals surface area contributed by atoms with E-state index in [1.54, 1.807) is 0 Å². The Morgan fingerprint density at radius 3 is 2.43 bits per heavy atom. The maximum atomic E-state index is 3.65. The second kappa shape index (κ2) is 9.81. The van der Waals surface area contributed by atoms with Crippen molar-refractivity contribution >= 4 is 0 Å². The van der Waals surface area contributed by atoms with Gasteiger partial charge >= 0.3 is 0 Å². The number of nitrogens with one attached hydrogen (secondary N) is 1. The molecule has 0 bridgehead atoms. The third-order valence-electron chi connectivity index (χ3n) is 5.01. The van der Waals surface area contributed by atoms with Gasteiger partial charge in [0.15, 0.2) is 0 Å². The maximum absolute atomic E-state index is 3.65. The molecule has 0 saturated carbocycles. The summed E-state index contributed by atoms with van der Waals surface area (Å²) in [6.45, 7) is 20.2. The summed E-state index contributed by atoms with van der Waals surface area (Å²) in [4.78, 5) is 5.35. The molecule has 0 aromatic heterocycles. The summed E-state index contributed by atoms with van der Waals surface area (Å²) in [6.07, 6.45) is 5.20. The highest BCUT2D eigenvalue weighted by Gasteiger charge is 2.31. The number of likely N-dealkylation sites (N-methyl/N-ethyl adjacent to an activating group) is 1. The highest BCUT2D eigenvalue weighted by atomic mass is 15.3. The van der Waals surface area contributed by atoms with Crippen molar-refractivity contribution in [2.45, 2.75) is 66.3 Å². The van der Waals surface area contributed by atoms with E-state index in [4.69, 9.17) is 0 Å². The van der Waals surface area contributed by atoms with Gasteiger partial charge in [-0.2, -0.15) is 0 Å². The third kappa shape index (κ3) is 6.25. The van der Waals surface area contributed by atoms with Gasteiger partial charge in [-0.3, -0.25) is 4.90 Å². The summed E-state index contributed by atoms with van der Waals surface area (Å²) >= 11 is 0. The van der Waals surface area contributed by atoms with E-state index in [0.29, 0.717) is 5.41 Å². The summed E-state index contributed by atoms with van der Waals surface area (Å²) in [5.74, 6) is 0. The SMILES string of the molecule is CCCNCC(C)(CCC)CN1CCC(N(CC)CC)C1. The standard InChI is InChI=1S/C18H39N3/c1-6-11-18(5,15-19-12-7-2)16-20-13-10-17(14-20)21(8-3)9-4/h17,19H,6-16H2,1-5H3. The summed E-state index contributed by atoms with van der Waals surface area (Å²) in [5, 5.41) is 3.65. The molecule has 0 amide bonds. The topological polar surface area (TPSA) is 18.5 Å². The van der Waals surface area contributed by atoms with Crippen LogP contribution in [0.2, 0.25) is 0 Å². The van der Waals surface area contributed by atoms with Crippen LogP contribution in [0.1, 0.15) is 60.3 Å². The van der Waals surface area contributed by atoms with Gasteiger partial charge in [0.2, 0.25) is 0 Å². The van der Waals surface area contributed by atoms with Crippen molar-refractivity contribution in [3.63, 3.8) is 0 Å². The smallest absolute Gasteiger partial charge is 0.0235 e. The zero-order valence-electron chi connectivity index (χ0n) is 15.2. The first kappa shape index (κ1) is 18.9. The molecule has 1 N–H and O–H groups in total. The zero-order valence-corrected chi connectivity index (χ0v) is 15.2. The Kier molecular flexibility index (Phi) is 8.84. The van der Waals surface area contributed by atoms with Gasteiger partial charge < -0.3 is 10.2 Å². The molecule has 1 heterocycles. The van der Waals surface area contributed by atoms with Crippen LogP contribution in [0.15, 0.2) is 0 Å². The molecular formula is C18H39N3. The quantitative estimate of drug-likeness (QED) is 0.591. The molecule has 0 spiro atoms. The maximum Gasteiger partial charge on any atom is 0.0235 e. The molecule has 1 aliphatic rings. The van der Waals surface area contributed by atoms with Gasteiger partial charge in [-0.05, 0) is 50.9 Å². The number of hydrogen-bond donors (Lipinski definition) is 1. The zero-order chi connectivity index (χ0) is 15.7. The average molecular weight is 298 g/mol.